The van der Waals surface area contributed by atoms with E-state index in [-0.39, 0.29) is 24.4 Å². The van der Waals surface area contributed by atoms with Gasteiger partial charge in [0.15, 0.2) is 0 Å². The summed E-state index contributed by atoms with van der Waals surface area (Å²) < 4.78 is 0.895. The number of likely N-dealkylation sites (tertiary alicyclic amines) is 1. The van der Waals surface area contributed by atoms with Crippen LogP contribution in [0.1, 0.15) is 6.42 Å². The van der Waals surface area contributed by atoms with E-state index in [1.165, 1.54) is 0 Å². The van der Waals surface area contributed by atoms with Crippen LogP contribution in [0.5, 0.6) is 0 Å². The van der Waals surface area contributed by atoms with Gasteiger partial charge in [-0.1, -0.05) is 12.1 Å². The van der Waals surface area contributed by atoms with Crippen molar-refractivity contribution >= 4 is 39.9 Å². The van der Waals surface area contributed by atoms with Crippen LogP contribution in [0.3, 0.4) is 0 Å². The summed E-state index contributed by atoms with van der Waals surface area (Å²) in [6.45, 7) is 2.13. The molecule has 100 valence electrons. The van der Waals surface area contributed by atoms with Crippen LogP contribution in [0.4, 0.5) is 5.69 Å². The highest BCUT2D eigenvalue weighted by atomic mass is 79.9. The predicted molar refractivity (Wildman–Crippen MR) is 79.1 cm³/mol. The maximum absolute atomic E-state index is 11.8. The van der Waals surface area contributed by atoms with Crippen LogP contribution >= 0.6 is 28.3 Å². The van der Waals surface area contributed by atoms with Crippen LogP contribution < -0.4 is 11.1 Å². The molecule has 0 aliphatic carbocycles. The van der Waals surface area contributed by atoms with Gasteiger partial charge in [0.1, 0.15) is 0 Å². The standard InChI is InChI=1S/C12H16BrN3O.ClH/c13-10-3-1-2-4-11(10)15-12(17)8-16-6-5-9(14)7-16;/h1-4,9H,5-8,14H2,(H,15,17);1H/t9-;/m0./s1. The molecule has 0 bridgehead atoms. The van der Waals surface area contributed by atoms with E-state index in [1.54, 1.807) is 0 Å². The fourth-order valence-electron chi connectivity index (χ4n) is 1.96. The van der Waals surface area contributed by atoms with Crippen molar-refractivity contribution in [2.45, 2.75) is 12.5 Å². The van der Waals surface area contributed by atoms with Gasteiger partial charge in [0.2, 0.25) is 5.91 Å². The van der Waals surface area contributed by atoms with Gasteiger partial charge in [-0.3, -0.25) is 9.69 Å². The summed E-state index contributed by atoms with van der Waals surface area (Å²) in [4.78, 5) is 13.9. The first-order chi connectivity index (χ1) is 8.15. The zero-order valence-corrected chi connectivity index (χ0v) is 12.3. The number of nitrogens with one attached hydrogen (secondary N) is 1. The Balaban J connectivity index is 0.00000162. The lowest BCUT2D eigenvalue weighted by molar-refractivity contribution is -0.117. The molecule has 0 aromatic heterocycles. The Labute approximate surface area is 121 Å². The van der Waals surface area contributed by atoms with Crippen molar-refractivity contribution in [1.82, 2.24) is 4.90 Å². The summed E-state index contributed by atoms with van der Waals surface area (Å²) in [5.74, 6) is 0.00556. The lowest BCUT2D eigenvalue weighted by Crippen LogP contribution is -2.33. The number of nitrogens with zero attached hydrogens (tertiary/aromatic N) is 1. The molecule has 0 spiro atoms. The van der Waals surface area contributed by atoms with Gasteiger partial charge in [0.25, 0.3) is 0 Å². The number of rotatable bonds is 3. The third-order valence-corrected chi connectivity index (χ3v) is 3.52. The molecule has 6 heteroatoms. The van der Waals surface area contributed by atoms with Crippen molar-refractivity contribution in [2.75, 3.05) is 25.0 Å². The first kappa shape index (κ1) is 15.4. The number of para-hydroxylation sites is 1. The first-order valence-corrected chi connectivity index (χ1v) is 6.47. The molecule has 18 heavy (non-hydrogen) atoms. The molecule has 0 saturated carbocycles. The van der Waals surface area contributed by atoms with Gasteiger partial charge >= 0.3 is 0 Å². The summed E-state index contributed by atoms with van der Waals surface area (Å²) >= 11 is 3.40. The van der Waals surface area contributed by atoms with Crippen molar-refractivity contribution in [3.63, 3.8) is 0 Å². The topological polar surface area (TPSA) is 58.4 Å². The highest BCUT2D eigenvalue weighted by molar-refractivity contribution is 9.10. The van der Waals surface area contributed by atoms with Crippen LogP contribution in [0.25, 0.3) is 0 Å². The van der Waals surface area contributed by atoms with E-state index < -0.39 is 0 Å². The van der Waals surface area contributed by atoms with Crippen LogP contribution in [0, 0.1) is 0 Å². The van der Waals surface area contributed by atoms with Gasteiger partial charge in [0.05, 0.1) is 12.2 Å². The van der Waals surface area contributed by atoms with E-state index >= 15 is 0 Å². The molecule has 1 aliphatic rings. The third-order valence-electron chi connectivity index (χ3n) is 2.82. The molecule has 1 fully saturated rings. The number of benzene rings is 1. The second-order valence-corrected chi connectivity index (χ2v) is 5.17. The van der Waals surface area contributed by atoms with Crippen LogP contribution in [-0.4, -0.2) is 36.5 Å². The minimum atomic E-state index is 0. The molecular formula is C12H17BrClN3O. The van der Waals surface area contributed by atoms with E-state index in [0.29, 0.717) is 6.54 Å². The average Bonchev–Trinajstić information content (AvgIpc) is 2.67. The Kier molecular flexibility index (Phi) is 6.08. The summed E-state index contributed by atoms with van der Waals surface area (Å²) in [6, 6.07) is 7.80. The lowest BCUT2D eigenvalue weighted by Gasteiger charge is -2.15. The van der Waals surface area contributed by atoms with Crippen LogP contribution in [0.15, 0.2) is 28.7 Å². The SMILES string of the molecule is Cl.N[C@H]1CCN(CC(=O)Nc2ccccc2Br)C1. The Morgan fingerprint density at radius 1 is 1.50 bits per heavy atom. The molecule has 1 amide bonds. The predicted octanol–water partition coefficient (Wildman–Crippen LogP) is 1.84. The highest BCUT2D eigenvalue weighted by Gasteiger charge is 2.21. The number of hydrogen-bond donors (Lipinski definition) is 2. The second kappa shape index (κ2) is 7.09. The van der Waals surface area contributed by atoms with Crippen molar-refractivity contribution < 1.29 is 4.79 Å². The molecule has 1 saturated heterocycles. The van der Waals surface area contributed by atoms with E-state index in [1.807, 2.05) is 24.3 Å². The van der Waals surface area contributed by atoms with E-state index in [0.717, 1.165) is 29.7 Å². The zero-order valence-electron chi connectivity index (χ0n) is 9.93. The minimum absolute atomic E-state index is 0. The molecule has 1 aromatic rings. The number of nitrogens with two attached hydrogens (primary N) is 1. The maximum atomic E-state index is 11.8. The number of carbonyl (C=O) groups excluding carboxylic acids is 1. The van der Waals surface area contributed by atoms with Gasteiger partial charge in [-0.15, -0.1) is 12.4 Å². The molecule has 4 nitrogen and oxygen atoms in total. The molecule has 3 N–H and O–H groups in total. The highest BCUT2D eigenvalue weighted by Crippen LogP contribution is 2.21. The number of halogens is 2. The lowest BCUT2D eigenvalue weighted by atomic mass is 10.3. The molecule has 0 unspecified atom stereocenters. The monoisotopic (exact) mass is 333 g/mol. The maximum Gasteiger partial charge on any atom is 0.238 e. The molecule has 1 atom stereocenters. The van der Waals surface area contributed by atoms with Gasteiger partial charge in [-0.2, -0.15) is 0 Å². The molecular weight excluding hydrogens is 318 g/mol. The largest absolute Gasteiger partial charge is 0.326 e. The molecule has 1 aliphatic heterocycles. The first-order valence-electron chi connectivity index (χ1n) is 5.67. The Bertz CT molecular complexity index is 416. The molecule has 1 heterocycles. The van der Waals surface area contributed by atoms with Gasteiger partial charge in [-0.05, 0) is 34.5 Å². The van der Waals surface area contributed by atoms with Crippen molar-refractivity contribution in [2.24, 2.45) is 5.73 Å². The van der Waals surface area contributed by atoms with E-state index in [9.17, 15) is 4.79 Å². The second-order valence-electron chi connectivity index (χ2n) is 4.31. The number of carbonyl (C=O) groups is 1. The zero-order chi connectivity index (χ0) is 12.3. The van der Waals surface area contributed by atoms with Gasteiger partial charge in [-0.25, -0.2) is 0 Å². The Morgan fingerprint density at radius 3 is 2.83 bits per heavy atom. The third kappa shape index (κ3) is 4.24. The quantitative estimate of drug-likeness (QED) is 0.887. The van der Waals surface area contributed by atoms with Crippen molar-refractivity contribution in [3.05, 3.63) is 28.7 Å². The fourth-order valence-corrected chi connectivity index (χ4v) is 2.35. The summed E-state index contributed by atoms with van der Waals surface area (Å²) in [5, 5.41) is 2.88. The fraction of sp³-hybridized carbons (Fsp3) is 0.417. The molecule has 2 rings (SSSR count). The number of anilines is 1. The van der Waals surface area contributed by atoms with Gasteiger partial charge in [0, 0.05) is 23.6 Å². The number of hydrogen-bond acceptors (Lipinski definition) is 3. The summed E-state index contributed by atoms with van der Waals surface area (Å²) in [6.07, 6.45) is 0.975. The van der Waals surface area contributed by atoms with Crippen LogP contribution in [0.2, 0.25) is 0 Å². The normalized spacial score (nSPS) is 19.3. The summed E-state index contributed by atoms with van der Waals surface area (Å²) in [7, 11) is 0. The molecule has 1 aromatic carbocycles. The smallest absolute Gasteiger partial charge is 0.238 e. The van der Waals surface area contributed by atoms with Crippen molar-refractivity contribution in [3.8, 4) is 0 Å². The molecule has 0 radical (unpaired) electrons. The average molecular weight is 335 g/mol. The van der Waals surface area contributed by atoms with E-state index in [4.69, 9.17) is 5.73 Å². The Hall–Kier alpha value is -0.620. The summed E-state index contributed by atoms with van der Waals surface area (Å²) in [5.41, 5.74) is 6.60. The van der Waals surface area contributed by atoms with Crippen LogP contribution in [-0.2, 0) is 4.79 Å². The van der Waals surface area contributed by atoms with E-state index in [2.05, 4.69) is 26.1 Å². The van der Waals surface area contributed by atoms with Crippen molar-refractivity contribution in [1.29, 1.82) is 0 Å². The Morgan fingerprint density at radius 2 is 2.22 bits per heavy atom. The number of amides is 1. The minimum Gasteiger partial charge on any atom is -0.326 e. The van der Waals surface area contributed by atoms with Gasteiger partial charge < -0.3 is 11.1 Å².